The predicted molar refractivity (Wildman–Crippen MR) is 75.1 cm³/mol. The van der Waals surface area contributed by atoms with E-state index < -0.39 is 0 Å². The minimum Gasteiger partial charge on any atom is -1.00 e. The first-order valence-corrected chi connectivity index (χ1v) is 5.92. The standard InChI is InChI=1S/C15H18N3.HI/c1-17(2)15-7-6-14(12-16-15)5-4-13-8-10-18(3)11-9-13;/h4-12H,1-3H3;1H/q+1;/p-1. The molecule has 0 aliphatic rings. The van der Waals surface area contributed by atoms with Crippen LogP contribution in [-0.4, -0.2) is 19.1 Å². The van der Waals surface area contributed by atoms with Gasteiger partial charge in [0.2, 0.25) is 0 Å². The van der Waals surface area contributed by atoms with Crippen LogP contribution >= 0.6 is 0 Å². The van der Waals surface area contributed by atoms with E-state index in [1.165, 1.54) is 5.56 Å². The second kappa shape index (κ2) is 7.23. The molecule has 0 saturated carbocycles. The molecule has 0 N–H and O–H groups in total. The molecule has 0 atom stereocenters. The predicted octanol–water partition coefficient (Wildman–Crippen LogP) is -0.853. The lowest BCUT2D eigenvalue weighted by atomic mass is 10.2. The Morgan fingerprint density at radius 3 is 2.16 bits per heavy atom. The van der Waals surface area contributed by atoms with Crippen LogP contribution < -0.4 is 33.4 Å². The van der Waals surface area contributed by atoms with Crippen LogP contribution in [0.2, 0.25) is 0 Å². The maximum Gasteiger partial charge on any atom is 0.169 e. The van der Waals surface area contributed by atoms with Gasteiger partial charge < -0.3 is 28.9 Å². The van der Waals surface area contributed by atoms with Crippen molar-refractivity contribution in [3.63, 3.8) is 0 Å². The largest absolute Gasteiger partial charge is 1.00 e. The fourth-order valence-corrected chi connectivity index (χ4v) is 1.58. The number of hydrogen-bond acceptors (Lipinski definition) is 2. The van der Waals surface area contributed by atoms with Gasteiger partial charge in [-0.2, -0.15) is 0 Å². The average molecular weight is 367 g/mol. The van der Waals surface area contributed by atoms with E-state index in [0.29, 0.717) is 0 Å². The van der Waals surface area contributed by atoms with E-state index in [1.807, 2.05) is 55.3 Å². The zero-order chi connectivity index (χ0) is 13.0. The zero-order valence-electron chi connectivity index (χ0n) is 11.4. The third-order valence-corrected chi connectivity index (χ3v) is 2.70. The van der Waals surface area contributed by atoms with Gasteiger partial charge in [0.25, 0.3) is 0 Å². The Labute approximate surface area is 131 Å². The lowest BCUT2D eigenvalue weighted by molar-refractivity contribution is -0.671. The summed E-state index contributed by atoms with van der Waals surface area (Å²) in [6.45, 7) is 0. The second-order valence-electron chi connectivity index (χ2n) is 4.47. The van der Waals surface area contributed by atoms with Gasteiger partial charge in [-0.3, -0.25) is 0 Å². The molecule has 2 heterocycles. The van der Waals surface area contributed by atoms with Crippen LogP contribution in [0.25, 0.3) is 12.2 Å². The fourth-order valence-electron chi connectivity index (χ4n) is 1.58. The minimum absolute atomic E-state index is 0. The van der Waals surface area contributed by atoms with Crippen molar-refractivity contribution < 1.29 is 28.5 Å². The molecule has 0 bridgehead atoms. The number of rotatable bonds is 3. The maximum atomic E-state index is 4.38. The molecule has 0 radical (unpaired) electrons. The van der Waals surface area contributed by atoms with Crippen LogP contribution in [0.3, 0.4) is 0 Å². The number of halogens is 1. The molecule has 0 saturated heterocycles. The van der Waals surface area contributed by atoms with E-state index in [0.717, 1.165) is 11.4 Å². The van der Waals surface area contributed by atoms with Crippen molar-refractivity contribution in [1.29, 1.82) is 0 Å². The van der Waals surface area contributed by atoms with E-state index in [9.17, 15) is 0 Å². The Morgan fingerprint density at radius 2 is 1.63 bits per heavy atom. The number of nitrogens with zero attached hydrogens (tertiary/aromatic N) is 3. The molecule has 0 aromatic carbocycles. The van der Waals surface area contributed by atoms with Crippen LogP contribution in [0.4, 0.5) is 5.82 Å². The molecule has 19 heavy (non-hydrogen) atoms. The van der Waals surface area contributed by atoms with Gasteiger partial charge in [0.1, 0.15) is 12.9 Å². The van der Waals surface area contributed by atoms with E-state index in [-0.39, 0.29) is 24.0 Å². The normalized spacial score (nSPS) is 10.3. The Morgan fingerprint density at radius 1 is 1.00 bits per heavy atom. The number of hydrogen-bond donors (Lipinski definition) is 0. The van der Waals surface area contributed by atoms with Gasteiger partial charge in [0, 0.05) is 32.4 Å². The number of aryl methyl sites for hydroxylation is 1. The van der Waals surface area contributed by atoms with Crippen LogP contribution in [0.5, 0.6) is 0 Å². The van der Waals surface area contributed by atoms with Crippen LogP contribution in [-0.2, 0) is 7.05 Å². The van der Waals surface area contributed by atoms with E-state index in [1.54, 1.807) is 0 Å². The average Bonchev–Trinajstić information content (AvgIpc) is 2.38. The van der Waals surface area contributed by atoms with Crippen molar-refractivity contribution in [2.75, 3.05) is 19.0 Å². The van der Waals surface area contributed by atoms with Crippen molar-refractivity contribution in [3.8, 4) is 0 Å². The summed E-state index contributed by atoms with van der Waals surface area (Å²) in [5.41, 5.74) is 2.29. The zero-order valence-corrected chi connectivity index (χ0v) is 13.6. The van der Waals surface area contributed by atoms with Crippen molar-refractivity contribution in [2.45, 2.75) is 0 Å². The molecule has 0 unspecified atom stereocenters. The Bertz CT molecular complexity index is 530. The summed E-state index contributed by atoms with van der Waals surface area (Å²) in [7, 11) is 5.99. The van der Waals surface area contributed by atoms with Crippen molar-refractivity contribution >= 4 is 18.0 Å². The molecular formula is C15H18IN3. The summed E-state index contributed by atoms with van der Waals surface area (Å²) in [5.74, 6) is 0.971. The quantitative estimate of drug-likeness (QED) is 0.520. The first-order valence-electron chi connectivity index (χ1n) is 5.92. The molecule has 0 aliphatic heterocycles. The first-order chi connectivity index (χ1) is 8.65. The first kappa shape index (κ1) is 15.6. The van der Waals surface area contributed by atoms with Crippen LogP contribution in [0.1, 0.15) is 11.1 Å². The highest BCUT2D eigenvalue weighted by molar-refractivity contribution is 5.69. The summed E-state index contributed by atoms with van der Waals surface area (Å²) >= 11 is 0. The van der Waals surface area contributed by atoms with E-state index in [2.05, 4.69) is 35.3 Å². The second-order valence-corrected chi connectivity index (χ2v) is 4.47. The summed E-state index contributed by atoms with van der Waals surface area (Å²) in [4.78, 5) is 6.37. The Kier molecular flexibility index (Phi) is 5.95. The highest BCUT2D eigenvalue weighted by Gasteiger charge is 1.95. The topological polar surface area (TPSA) is 20.0 Å². The van der Waals surface area contributed by atoms with Crippen molar-refractivity contribution in [3.05, 3.63) is 54.0 Å². The number of pyridine rings is 2. The summed E-state index contributed by atoms with van der Waals surface area (Å²) in [6.07, 6.45) is 10.1. The third-order valence-electron chi connectivity index (χ3n) is 2.70. The summed E-state index contributed by atoms with van der Waals surface area (Å²) in [6, 6.07) is 8.25. The van der Waals surface area contributed by atoms with Crippen molar-refractivity contribution in [2.24, 2.45) is 7.05 Å². The van der Waals surface area contributed by atoms with E-state index >= 15 is 0 Å². The number of aromatic nitrogens is 2. The van der Waals surface area contributed by atoms with Gasteiger partial charge in [-0.05, 0) is 23.3 Å². The molecule has 2 aromatic rings. The lowest BCUT2D eigenvalue weighted by Crippen LogP contribution is -3.00. The van der Waals surface area contributed by atoms with Crippen molar-refractivity contribution in [1.82, 2.24) is 4.98 Å². The number of anilines is 1. The van der Waals surface area contributed by atoms with Gasteiger partial charge in [-0.25, -0.2) is 9.55 Å². The Balaban J connectivity index is 0.00000180. The molecule has 0 spiro atoms. The molecule has 100 valence electrons. The molecule has 0 amide bonds. The molecular weight excluding hydrogens is 349 g/mol. The van der Waals surface area contributed by atoms with Crippen LogP contribution in [0, 0.1) is 0 Å². The van der Waals surface area contributed by atoms with Crippen LogP contribution in [0.15, 0.2) is 42.9 Å². The summed E-state index contributed by atoms with van der Waals surface area (Å²) < 4.78 is 2.02. The van der Waals surface area contributed by atoms with Gasteiger partial charge >= 0.3 is 0 Å². The molecule has 0 aliphatic carbocycles. The van der Waals surface area contributed by atoms with E-state index in [4.69, 9.17) is 0 Å². The van der Waals surface area contributed by atoms with Gasteiger partial charge in [-0.15, -0.1) is 0 Å². The Hall–Kier alpha value is -1.43. The smallest absolute Gasteiger partial charge is 0.169 e. The summed E-state index contributed by atoms with van der Waals surface area (Å²) in [5, 5.41) is 0. The highest BCUT2D eigenvalue weighted by Crippen LogP contribution is 2.10. The van der Waals surface area contributed by atoms with Gasteiger partial charge in [0.15, 0.2) is 12.4 Å². The molecule has 2 aromatic heterocycles. The molecule has 3 nitrogen and oxygen atoms in total. The van der Waals surface area contributed by atoms with Gasteiger partial charge in [-0.1, -0.05) is 12.2 Å². The third kappa shape index (κ3) is 4.63. The molecule has 0 fully saturated rings. The molecule has 2 rings (SSSR count). The highest BCUT2D eigenvalue weighted by atomic mass is 127. The monoisotopic (exact) mass is 367 g/mol. The maximum absolute atomic E-state index is 4.38. The SMILES string of the molecule is CN(C)c1ccc(/C=C/c2cc[n+](C)cc2)cn1.[I-]. The lowest BCUT2D eigenvalue weighted by Gasteiger charge is -2.10. The van der Waals surface area contributed by atoms with Gasteiger partial charge in [0.05, 0.1) is 0 Å². The fraction of sp³-hybridized carbons (Fsp3) is 0.200. The molecule has 4 heteroatoms. The minimum atomic E-state index is 0.